The van der Waals surface area contributed by atoms with Crippen LogP contribution >= 0.6 is 0 Å². The fourth-order valence-corrected chi connectivity index (χ4v) is 0.994. The van der Waals surface area contributed by atoms with E-state index in [9.17, 15) is 14.7 Å². The Hall–Kier alpha value is -1.18. The molecular weight excluding hydrogens is 230 g/mol. The van der Waals surface area contributed by atoms with E-state index in [1.807, 2.05) is 0 Å². The SMILES string of the molecule is CC(C)(CO)C(O)C(=O)NCCC(O)C(=O)O. The third-order valence-corrected chi connectivity index (χ3v) is 2.40. The van der Waals surface area contributed by atoms with Crippen LogP contribution in [0.1, 0.15) is 20.3 Å². The quantitative estimate of drug-likeness (QED) is 0.366. The Morgan fingerprint density at radius 3 is 2.24 bits per heavy atom. The van der Waals surface area contributed by atoms with Crippen LogP contribution in [0.2, 0.25) is 0 Å². The fraction of sp³-hybridized carbons (Fsp3) is 0.800. The number of aliphatic hydroxyl groups excluding tert-OH is 3. The highest BCUT2D eigenvalue weighted by Gasteiger charge is 2.32. The standard InChI is InChI=1S/C10H19NO6/c1-10(2,5-12)7(14)8(15)11-4-3-6(13)9(16)17/h6-7,12-14H,3-5H2,1-2H3,(H,11,15)(H,16,17). The molecule has 0 aliphatic heterocycles. The normalized spacial score (nSPS) is 15.1. The van der Waals surface area contributed by atoms with E-state index in [1.54, 1.807) is 0 Å². The molecule has 17 heavy (non-hydrogen) atoms. The van der Waals surface area contributed by atoms with E-state index in [-0.39, 0.29) is 19.6 Å². The lowest BCUT2D eigenvalue weighted by molar-refractivity contribution is -0.147. The summed E-state index contributed by atoms with van der Waals surface area (Å²) >= 11 is 0. The summed E-state index contributed by atoms with van der Waals surface area (Å²) in [5.74, 6) is -2.07. The maximum atomic E-state index is 11.4. The van der Waals surface area contributed by atoms with E-state index in [4.69, 9.17) is 15.3 Å². The average Bonchev–Trinajstić information content (AvgIpc) is 2.27. The number of rotatable bonds is 7. The van der Waals surface area contributed by atoms with Gasteiger partial charge in [-0.1, -0.05) is 13.8 Å². The summed E-state index contributed by atoms with van der Waals surface area (Å²) in [6, 6.07) is 0. The summed E-state index contributed by atoms with van der Waals surface area (Å²) in [4.78, 5) is 21.7. The molecule has 100 valence electrons. The highest BCUT2D eigenvalue weighted by molar-refractivity contribution is 5.81. The van der Waals surface area contributed by atoms with Crippen LogP contribution in [-0.2, 0) is 9.59 Å². The summed E-state index contributed by atoms with van der Waals surface area (Å²) in [5.41, 5.74) is -0.977. The molecule has 2 atom stereocenters. The lowest BCUT2D eigenvalue weighted by Crippen LogP contribution is -2.46. The summed E-state index contributed by atoms with van der Waals surface area (Å²) < 4.78 is 0. The number of aliphatic hydroxyl groups is 3. The molecule has 0 saturated heterocycles. The van der Waals surface area contributed by atoms with Gasteiger partial charge in [-0.2, -0.15) is 0 Å². The van der Waals surface area contributed by atoms with Crippen molar-refractivity contribution < 1.29 is 30.0 Å². The van der Waals surface area contributed by atoms with Gasteiger partial charge in [-0.15, -0.1) is 0 Å². The van der Waals surface area contributed by atoms with Gasteiger partial charge >= 0.3 is 5.97 Å². The third kappa shape index (κ3) is 5.12. The lowest BCUT2D eigenvalue weighted by atomic mass is 9.87. The lowest BCUT2D eigenvalue weighted by Gasteiger charge is -2.27. The van der Waals surface area contributed by atoms with Gasteiger partial charge in [0.05, 0.1) is 6.61 Å². The van der Waals surface area contributed by atoms with Gasteiger partial charge in [0, 0.05) is 18.4 Å². The fourth-order valence-electron chi connectivity index (χ4n) is 0.994. The molecule has 2 unspecified atom stereocenters. The van der Waals surface area contributed by atoms with Crippen molar-refractivity contribution in [2.75, 3.05) is 13.2 Å². The zero-order chi connectivity index (χ0) is 13.6. The Kier molecular flexibility index (Phi) is 6.08. The van der Waals surface area contributed by atoms with Crippen molar-refractivity contribution >= 4 is 11.9 Å². The Morgan fingerprint density at radius 2 is 1.82 bits per heavy atom. The van der Waals surface area contributed by atoms with Crippen LogP contribution in [-0.4, -0.2) is 57.7 Å². The van der Waals surface area contributed by atoms with Crippen molar-refractivity contribution in [2.45, 2.75) is 32.5 Å². The van der Waals surface area contributed by atoms with Crippen molar-refractivity contribution in [3.05, 3.63) is 0 Å². The van der Waals surface area contributed by atoms with Crippen molar-refractivity contribution in [3.8, 4) is 0 Å². The molecule has 0 radical (unpaired) electrons. The molecular formula is C10H19NO6. The predicted molar refractivity (Wildman–Crippen MR) is 58.1 cm³/mol. The predicted octanol–water partition coefficient (Wildman–Crippen LogP) is -1.68. The first-order valence-corrected chi connectivity index (χ1v) is 5.20. The van der Waals surface area contributed by atoms with E-state index < -0.39 is 29.5 Å². The second kappa shape index (κ2) is 6.53. The highest BCUT2D eigenvalue weighted by Crippen LogP contribution is 2.19. The van der Waals surface area contributed by atoms with Gasteiger partial charge in [-0.3, -0.25) is 4.79 Å². The summed E-state index contributed by atoms with van der Waals surface area (Å²) in [6.07, 6.45) is -3.08. The molecule has 0 heterocycles. The molecule has 1 amide bonds. The molecule has 0 aromatic heterocycles. The van der Waals surface area contributed by atoms with E-state index in [0.717, 1.165) is 0 Å². The Morgan fingerprint density at radius 1 is 1.29 bits per heavy atom. The van der Waals surface area contributed by atoms with E-state index in [1.165, 1.54) is 13.8 Å². The maximum absolute atomic E-state index is 11.4. The molecule has 7 heteroatoms. The molecule has 0 fully saturated rings. The number of hydrogen-bond acceptors (Lipinski definition) is 5. The van der Waals surface area contributed by atoms with Crippen LogP contribution in [0.15, 0.2) is 0 Å². The zero-order valence-electron chi connectivity index (χ0n) is 9.88. The molecule has 0 aliphatic rings. The molecule has 0 aliphatic carbocycles. The van der Waals surface area contributed by atoms with E-state index >= 15 is 0 Å². The molecule has 0 bridgehead atoms. The van der Waals surface area contributed by atoms with Gasteiger partial charge in [0.1, 0.15) is 6.10 Å². The van der Waals surface area contributed by atoms with Gasteiger partial charge < -0.3 is 25.7 Å². The highest BCUT2D eigenvalue weighted by atomic mass is 16.4. The topological polar surface area (TPSA) is 127 Å². The van der Waals surface area contributed by atoms with Crippen molar-refractivity contribution in [1.82, 2.24) is 5.32 Å². The molecule has 5 N–H and O–H groups in total. The van der Waals surface area contributed by atoms with Crippen molar-refractivity contribution in [1.29, 1.82) is 0 Å². The first-order chi connectivity index (χ1) is 7.72. The Labute approximate surface area is 99.1 Å². The smallest absolute Gasteiger partial charge is 0.332 e. The van der Waals surface area contributed by atoms with Crippen LogP contribution < -0.4 is 5.32 Å². The summed E-state index contributed by atoms with van der Waals surface area (Å²) in [7, 11) is 0. The van der Waals surface area contributed by atoms with E-state index in [2.05, 4.69) is 5.32 Å². The second-order valence-corrected chi connectivity index (χ2v) is 4.48. The van der Waals surface area contributed by atoms with Crippen LogP contribution in [0, 0.1) is 5.41 Å². The maximum Gasteiger partial charge on any atom is 0.332 e. The van der Waals surface area contributed by atoms with Gasteiger partial charge in [0.25, 0.3) is 0 Å². The van der Waals surface area contributed by atoms with Crippen LogP contribution in [0.3, 0.4) is 0 Å². The van der Waals surface area contributed by atoms with Gasteiger partial charge in [-0.25, -0.2) is 4.79 Å². The molecule has 7 nitrogen and oxygen atoms in total. The number of hydrogen-bond donors (Lipinski definition) is 5. The summed E-state index contributed by atoms with van der Waals surface area (Å²) in [6.45, 7) is 2.61. The number of carbonyl (C=O) groups excluding carboxylic acids is 1. The Balaban J connectivity index is 4.07. The van der Waals surface area contributed by atoms with Crippen molar-refractivity contribution in [2.24, 2.45) is 5.41 Å². The number of carbonyl (C=O) groups is 2. The number of carboxylic acid groups (broad SMARTS) is 1. The van der Waals surface area contributed by atoms with Crippen LogP contribution in [0.5, 0.6) is 0 Å². The largest absolute Gasteiger partial charge is 0.479 e. The number of carboxylic acids is 1. The van der Waals surface area contributed by atoms with Crippen molar-refractivity contribution in [3.63, 3.8) is 0 Å². The zero-order valence-corrected chi connectivity index (χ0v) is 9.88. The molecule has 0 spiro atoms. The Bertz CT molecular complexity index is 278. The molecule has 0 aromatic rings. The van der Waals surface area contributed by atoms with Gasteiger partial charge in [0.2, 0.25) is 5.91 Å². The first kappa shape index (κ1) is 15.8. The van der Waals surface area contributed by atoms with Crippen LogP contribution in [0.4, 0.5) is 0 Å². The molecule has 0 aromatic carbocycles. The van der Waals surface area contributed by atoms with Gasteiger partial charge in [-0.05, 0) is 0 Å². The third-order valence-electron chi connectivity index (χ3n) is 2.40. The number of amides is 1. The second-order valence-electron chi connectivity index (χ2n) is 4.48. The first-order valence-electron chi connectivity index (χ1n) is 5.20. The van der Waals surface area contributed by atoms with E-state index in [0.29, 0.717) is 0 Å². The average molecular weight is 249 g/mol. The minimum Gasteiger partial charge on any atom is -0.479 e. The van der Waals surface area contributed by atoms with Gasteiger partial charge in [0.15, 0.2) is 6.10 Å². The molecule has 0 saturated carbocycles. The minimum atomic E-state index is -1.54. The number of nitrogens with one attached hydrogen (secondary N) is 1. The minimum absolute atomic E-state index is 0.0646. The number of aliphatic carboxylic acids is 1. The molecule has 0 rings (SSSR count). The monoisotopic (exact) mass is 249 g/mol. The van der Waals surface area contributed by atoms with Crippen LogP contribution in [0.25, 0.3) is 0 Å². The summed E-state index contributed by atoms with van der Waals surface area (Å²) in [5, 5.41) is 38.1.